The van der Waals surface area contributed by atoms with Crippen molar-refractivity contribution in [3.63, 3.8) is 0 Å². The SMILES string of the molecule is COCCN1C(=O)C(=O)/C(=C(/O)c2ccc(OCC(C)C)cc2)C1c1cccs1. The Balaban J connectivity index is 1.97. The van der Waals surface area contributed by atoms with Crippen LogP contribution in [0, 0.1) is 5.92 Å². The van der Waals surface area contributed by atoms with Crippen LogP contribution in [0.15, 0.2) is 47.4 Å². The zero-order chi connectivity index (χ0) is 21.0. The number of hydrogen-bond donors (Lipinski definition) is 1. The Morgan fingerprint density at radius 1 is 1.21 bits per heavy atom. The lowest BCUT2D eigenvalue weighted by Gasteiger charge is -2.23. The van der Waals surface area contributed by atoms with Gasteiger partial charge in [-0.3, -0.25) is 9.59 Å². The van der Waals surface area contributed by atoms with E-state index in [1.54, 1.807) is 31.4 Å². The maximum Gasteiger partial charge on any atom is 0.295 e. The van der Waals surface area contributed by atoms with Crippen LogP contribution in [0.4, 0.5) is 0 Å². The Morgan fingerprint density at radius 2 is 1.93 bits per heavy atom. The third kappa shape index (κ3) is 4.52. The van der Waals surface area contributed by atoms with E-state index in [-0.39, 0.29) is 17.9 Å². The van der Waals surface area contributed by atoms with Crippen LogP contribution in [0.2, 0.25) is 0 Å². The maximum absolute atomic E-state index is 12.8. The summed E-state index contributed by atoms with van der Waals surface area (Å²) < 4.78 is 10.8. The number of nitrogens with zero attached hydrogens (tertiary/aromatic N) is 1. The molecule has 1 aromatic heterocycles. The number of ketones is 1. The van der Waals surface area contributed by atoms with Gasteiger partial charge in [0.05, 0.1) is 24.8 Å². The van der Waals surface area contributed by atoms with Crippen molar-refractivity contribution < 1.29 is 24.2 Å². The molecule has 1 unspecified atom stereocenters. The van der Waals surface area contributed by atoms with Crippen LogP contribution < -0.4 is 4.74 Å². The highest BCUT2D eigenvalue weighted by Gasteiger charge is 2.46. The largest absolute Gasteiger partial charge is 0.507 e. The fraction of sp³-hybridized carbons (Fsp3) is 0.364. The summed E-state index contributed by atoms with van der Waals surface area (Å²) in [5.74, 6) is -0.407. The number of ether oxygens (including phenoxy) is 2. The average molecular weight is 416 g/mol. The van der Waals surface area contributed by atoms with Gasteiger partial charge in [-0.1, -0.05) is 19.9 Å². The van der Waals surface area contributed by atoms with E-state index in [9.17, 15) is 14.7 Å². The van der Waals surface area contributed by atoms with Crippen LogP contribution in [0.25, 0.3) is 5.76 Å². The van der Waals surface area contributed by atoms with Crippen LogP contribution in [0.5, 0.6) is 5.75 Å². The molecule has 6 nitrogen and oxygen atoms in total. The van der Waals surface area contributed by atoms with Crippen LogP contribution in [0.1, 0.15) is 30.3 Å². The number of methoxy groups -OCH3 is 1. The van der Waals surface area contributed by atoms with E-state index >= 15 is 0 Å². The molecule has 2 aromatic rings. The molecule has 1 aliphatic heterocycles. The molecule has 0 radical (unpaired) electrons. The van der Waals surface area contributed by atoms with Gasteiger partial charge in [-0.25, -0.2) is 0 Å². The Labute approximate surface area is 174 Å². The molecule has 0 aliphatic carbocycles. The summed E-state index contributed by atoms with van der Waals surface area (Å²) in [7, 11) is 1.54. The van der Waals surface area contributed by atoms with E-state index in [1.165, 1.54) is 16.2 Å². The Hall–Kier alpha value is -2.64. The highest BCUT2D eigenvalue weighted by atomic mass is 32.1. The van der Waals surface area contributed by atoms with Crippen molar-refractivity contribution in [2.45, 2.75) is 19.9 Å². The molecule has 0 spiro atoms. The molecule has 1 amide bonds. The lowest BCUT2D eigenvalue weighted by molar-refractivity contribution is -0.140. The van der Waals surface area contributed by atoms with Crippen molar-refractivity contribution in [3.05, 3.63) is 57.8 Å². The predicted molar refractivity (Wildman–Crippen MR) is 112 cm³/mol. The minimum absolute atomic E-state index is 0.101. The molecule has 1 atom stereocenters. The molecule has 1 aliphatic rings. The molecule has 1 N–H and O–H groups in total. The minimum Gasteiger partial charge on any atom is -0.507 e. The molecule has 2 heterocycles. The number of thiophene rings is 1. The van der Waals surface area contributed by atoms with Gasteiger partial charge in [-0.05, 0) is 41.6 Å². The predicted octanol–water partition coefficient (Wildman–Crippen LogP) is 3.85. The highest BCUT2D eigenvalue weighted by Crippen LogP contribution is 2.40. The van der Waals surface area contributed by atoms with Gasteiger partial charge in [0.2, 0.25) is 0 Å². The number of amides is 1. The van der Waals surface area contributed by atoms with E-state index in [0.717, 1.165) is 4.88 Å². The molecular formula is C22H25NO5S. The van der Waals surface area contributed by atoms with Crippen molar-refractivity contribution >= 4 is 28.8 Å². The van der Waals surface area contributed by atoms with Gasteiger partial charge in [0.15, 0.2) is 0 Å². The fourth-order valence-electron chi connectivity index (χ4n) is 3.17. The van der Waals surface area contributed by atoms with Gasteiger partial charge in [-0.2, -0.15) is 0 Å². The van der Waals surface area contributed by atoms with Crippen LogP contribution >= 0.6 is 11.3 Å². The third-order valence-electron chi connectivity index (χ3n) is 4.60. The van der Waals surface area contributed by atoms with Crippen LogP contribution in [-0.4, -0.2) is 48.6 Å². The molecule has 3 rings (SSSR count). The molecule has 1 aromatic carbocycles. The molecule has 0 bridgehead atoms. The Morgan fingerprint density at radius 3 is 2.52 bits per heavy atom. The van der Waals surface area contributed by atoms with Crippen LogP contribution in [-0.2, 0) is 14.3 Å². The molecule has 1 saturated heterocycles. The van der Waals surface area contributed by atoms with Crippen molar-refractivity contribution in [2.24, 2.45) is 5.92 Å². The lowest BCUT2D eigenvalue weighted by Crippen LogP contribution is -2.32. The highest BCUT2D eigenvalue weighted by molar-refractivity contribution is 7.10. The number of Topliss-reactive ketones (excluding diaryl/α,β-unsaturated/α-hetero) is 1. The number of likely N-dealkylation sites (tertiary alicyclic amines) is 1. The number of hydrogen-bond acceptors (Lipinski definition) is 6. The minimum atomic E-state index is -0.683. The molecule has 0 saturated carbocycles. The van der Waals surface area contributed by atoms with E-state index in [4.69, 9.17) is 9.47 Å². The van der Waals surface area contributed by atoms with Gasteiger partial charge in [0.1, 0.15) is 11.5 Å². The smallest absolute Gasteiger partial charge is 0.295 e. The number of benzene rings is 1. The summed E-state index contributed by atoms with van der Waals surface area (Å²) in [6, 6.07) is 9.98. The third-order valence-corrected chi connectivity index (χ3v) is 5.52. The summed E-state index contributed by atoms with van der Waals surface area (Å²) in [5.41, 5.74) is 0.567. The average Bonchev–Trinajstić information content (AvgIpc) is 3.32. The summed E-state index contributed by atoms with van der Waals surface area (Å²) in [6.45, 7) is 5.29. The molecule has 154 valence electrons. The van der Waals surface area contributed by atoms with E-state index in [0.29, 0.717) is 30.4 Å². The van der Waals surface area contributed by atoms with E-state index < -0.39 is 17.7 Å². The second-order valence-electron chi connectivity index (χ2n) is 7.23. The summed E-state index contributed by atoms with van der Waals surface area (Å²) in [4.78, 5) is 27.7. The van der Waals surface area contributed by atoms with Gasteiger partial charge in [0, 0.05) is 24.1 Å². The number of carbonyl (C=O) groups excluding carboxylic acids is 2. The van der Waals surface area contributed by atoms with Gasteiger partial charge in [-0.15, -0.1) is 11.3 Å². The first kappa shape index (κ1) is 21.1. The number of aliphatic hydroxyl groups is 1. The quantitative estimate of drug-likeness (QED) is 0.403. The van der Waals surface area contributed by atoms with Gasteiger partial charge < -0.3 is 19.5 Å². The Bertz CT molecular complexity index is 886. The molecule has 7 heteroatoms. The molecule has 29 heavy (non-hydrogen) atoms. The zero-order valence-corrected chi connectivity index (χ0v) is 17.6. The first-order chi connectivity index (χ1) is 13.9. The van der Waals surface area contributed by atoms with Crippen molar-refractivity contribution in [2.75, 3.05) is 26.9 Å². The first-order valence-corrected chi connectivity index (χ1v) is 10.4. The Kier molecular flexibility index (Phi) is 6.71. The summed E-state index contributed by atoms with van der Waals surface area (Å²) in [6.07, 6.45) is 0. The maximum atomic E-state index is 12.8. The van der Waals surface area contributed by atoms with Crippen molar-refractivity contribution in [1.82, 2.24) is 4.90 Å². The normalized spacial score (nSPS) is 18.6. The lowest BCUT2D eigenvalue weighted by atomic mass is 10.00. The van der Waals surface area contributed by atoms with Crippen molar-refractivity contribution in [1.29, 1.82) is 0 Å². The zero-order valence-electron chi connectivity index (χ0n) is 16.8. The summed E-state index contributed by atoms with van der Waals surface area (Å²) in [5, 5.41) is 12.8. The topological polar surface area (TPSA) is 76.1 Å². The standard InChI is InChI=1S/C22H25NO5S/c1-14(2)13-28-16-8-6-15(7-9-16)20(24)18-19(17-5-4-12-29-17)23(10-11-27-3)22(26)21(18)25/h4-9,12,14,19,24H,10-11,13H2,1-3H3/b20-18+. The second-order valence-corrected chi connectivity index (χ2v) is 8.21. The fourth-order valence-corrected chi connectivity index (χ4v) is 4.02. The van der Waals surface area contributed by atoms with Gasteiger partial charge in [0.25, 0.3) is 11.7 Å². The molecular weight excluding hydrogens is 390 g/mol. The number of aliphatic hydroxyl groups excluding tert-OH is 1. The van der Waals surface area contributed by atoms with E-state index in [1.807, 2.05) is 17.5 Å². The summed E-state index contributed by atoms with van der Waals surface area (Å²) >= 11 is 1.44. The van der Waals surface area contributed by atoms with Crippen molar-refractivity contribution in [3.8, 4) is 5.75 Å². The second kappa shape index (κ2) is 9.24. The van der Waals surface area contributed by atoms with Crippen LogP contribution in [0.3, 0.4) is 0 Å². The number of carbonyl (C=O) groups is 2. The monoisotopic (exact) mass is 415 g/mol. The van der Waals surface area contributed by atoms with E-state index in [2.05, 4.69) is 13.8 Å². The number of rotatable bonds is 8. The van der Waals surface area contributed by atoms with Gasteiger partial charge >= 0.3 is 0 Å². The molecule has 1 fully saturated rings. The first-order valence-electron chi connectivity index (χ1n) is 9.48.